The van der Waals surface area contributed by atoms with E-state index in [0.717, 1.165) is 0 Å². The van der Waals surface area contributed by atoms with Crippen molar-refractivity contribution in [3.8, 4) is 0 Å². The van der Waals surface area contributed by atoms with Crippen molar-refractivity contribution in [1.29, 1.82) is 0 Å². The van der Waals surface area contributed by atoms with E-state index in [4.69, 9.17) is 5.73 Å². The number of carbonyl (C=O) groups excluding carboxylic acids is 2. The van der Waals surface area contributed by atoms with Crippen molar-refractivity contribution >= 4 is 33.1 Å². The SMILES string of the molecule is CCOC(=O)CS(=O)(=O)CC(=O)Nc1c(C)cccc1N. The summed E-state index contributed by atoms with van der Waals surface area (Å²) in [6, 6.07) is 5.05. The van der Waals surface area contributed by atoms with Crippen LogP contribution >= 0.6 is 0 Å². The van der Waals surface area contributed by atoms with Crippen molar-refractivity contribution in [2.45, 2.75) is 13.8 Å². The summed E-state index contributed by atoms with van der Waals surface area (Å²) in [4.78, 5) is 22.9. The van der Waals surface area contributed by atoms with Crippen LogP contribution in [0.4, 0.5) is 11.4 Å². The summed E-state index contributed by atoms with van der Waals surface area (Å²) in [7, 11) is -3.88. The number of hydrogen-bond acceptors (Lipinski definition) is 6. The maximum Gasteiger partial charge on any atom is 0.321 e. The number of ether oxygens (including phenoxy) is 1. The number of hydrogen-bond donors (Lipinski definition) is 2. The van der Waals surface area contributed by atoms with Gasteiger partial charge in [-0.25, -0.2) is 8.42 Å². The van der Waals surface area contributed by atoms with Crippen LogP contribution < -0.4 is 11.1 Å². The second-order valence-electron chi connectivity index (χ2n) is 4.42. The van der Waals surface area contributed by atoms with E-state index in [-0.39, 0.29) is 6.61 Å². The maximum absolute atomic E-state index is 11.8. The first-order valence-electron chi connectivity index (χ1n) is 6.26. The Kier molecular flexibility index (Phi) is 5.71. The van der Waals surface area contributed by atoms with Crippen molar-refractivity contribution in [3.05, 3.63) is 23.8 Å². The second-order valence-corrected chi connectivity index (χ2v) is 6.49. The Labute approximate surface area is 123 Å². The van der Waals surface area contributed by atoms with Crippen LogP contribution in [0.25, 0.3) is 0 Å². The minimum absolute atomic E-state index is 0.0836. The summed E-state index contributed by atoms with van der Waals surface area (Å²) < 4.78 is 27.9. The molecule has 116 valence electrons. The second kappa shape index (κ2) is 7.07. The molecule has 0 unspecified atom stereocenters. The standard InChI is InChI=1S/C13H18N2O5S/c1-3-20-12(17)8-21(18,19)7-11(16)15-13-9(2)5-4-6-10(13)14/h4-6H,3,7-8,14H2,1-2H3,(H,15,16). The molecule has 0 aliphatic rings. The summed E-state index contributed by atoms with van der Waals surface area (Å²) in [5.41, 5.74) is 7.14. The van der Waals surface area contributed by atoms with E-state index in [2.05, 4.69) is 10.1 Å². The summed E-state index contributed by atoms with van der Waals surface area (Å²) >= 11 is 0. The first-order chi connectivity index (χ1) is 9.75. The van der Waals surface area contributed by atoms with Gasteiger partial charge >= 0.3 is 5.97 Å². The van der Waals surface area contributed by atoms with Crippen molar-refractivity contribution in [2.75, 3.05) is 29.2 Å². The molecule has 0 aromatic heterocycles. The van der Waals surface area contributed by atoms with Gasteiger partial charge in [0.2, 0.25) is 5.91 Å². The van der Waals surface area contributed by atoms with Gasteiger partial charge in [-0.2, -0.15) is 0 Å². The summed E-state index contributed by atoms with van der Waals surface area (Å²) in [6.07, 6.45) is 0. The quantitative estimate of drug-likeness (QED) is 0.583. The van der Waals surface area contributed by atoms with Crippen LogP contribution in [0.3, 0.4) is 0 Å². The lowest BCUT2D eigenvalue weighted by Gasteiger charge is -2.11. The molecule has 7 nitrogen and oxygen atoms in total. The van der Waals surface area contributed by atoms with Crippen molar-refractivity contribution < 1.29 is 22.7 Å². The molecule has 21 heavy (non-hydrogen) atoms. The number of nitrogens with one attached hydrogen (secondary N) is 1. The fourth-order valence-corrected chi connectivity index (χ4v) is 2.69. The van der Waals surface area contributed by atoms with E-state index in [1.165, 1.54) is 0 Å². The molecule has 0 bridgehead atoms. The molecule has 0 atom stereocenters. The van der Waals surface area contributed by atoms with E-state index in [0.29, 0.717) is 16.9 Å². The number of aryl methyl sites for hydroxylation is 1. The van der Waals surface area contributed by atoms with Gasteiger partial charge in [-0.1, -0.05) is 12.1 Å². The lowest BCUT2D eigenvalue weighted by Crippen LogP contribution is -2.28. The number of benzene rings is 1. The predicted molar refractivity (Wildman–Crippen MR) is 79.5 cm³/mol. The number of nitrogen functional groups attached to an aromatic ring is 1. The zero-order valence-electron chi connectivity index (χ0n) is 11.9. The fourth-order valence-electron chi connectivity index (χ4n) is 1.67. The molecule has 0 heterocycles. The van der Waals surface area contributed by atoms with Crippen LogP contribution in [0, 0.1) is 6.92 Å². The average molecular weight is 314 g/mol. The summed E-state index contributed by atoms with van der Waals surface area (Å²) in [5, 5.41) is 2.44. The molecule has 3 N–H and O–H groups in total. The Bertz CT molecular complexity index is 620. The van der Waals surface area contributed by atoms with Crippen molar-refractivity contribution in [1.82, 2.24) is 0 Å². The van der Waals surface area contributed by atoms with E-state index in [1.807, 2.05) is 0 Å². The molecular weight excluding hydrogens is 296 g/mol. The molecule has 0 saturated carbocycles. The molecule has 1 aromatic rings. The molecular formula is C13H18N2O5S. The summed E-state index contributed by atoms with van der Waals surface area (Å²) in [6.45, 7) is 3.39. The molecule has 1 amide bonds. The fraction of sp³-hybridized carbons (Fsp3) is 0.385. The summed E-state index contributed by atoms with van der Waals surface area (Å²) in [5.74, 6) is -3.25. The van der Waals surface area contributed by atoms with Gasteiger partial charge in [0, 0.05) is 0 Å². The lowest BCUT2D eigenvalue weighted by molar-refractivity contribution is -0.139. The number of anilines is 2. The van der Waals surface area contributed by atoms with Gasteiger partial charge in [0.15, 0.2) is 9.84 Å². The zero-order chi connectivity index (χ0) is 16.0. The molecule has 0 fully saturated rings. The number of para-hydroxylation sites is 1. The third-order valence-corrected chi connectivity index (χ3v) is 3.94. The smallest absolute Gasteiger partial charge is 0.321 e. The van der Waals surface area contributed by atoms with Crippen LogP contribution in [0.5, 0.6) is 0 Å². The molecule has 0 radical (unpaired) electrons. The highest BCUT2D eigenvalue weighted by atomic mass is 32.2. The van der Waals surface area contributed by atoms with Gasteiger partial charge in [-0.3, -0.25) is 9.59 Å². The number of esters is 1. The number of nitrogens with two attached hydrogens (primary N) is 1. The van der Waals surface area contributed by atoms with Gasteiger partial charge in [-0.15, -0.1) is 0 Å². The Balaban J connectivity index is 2.71. The van der Waals surface area contributed by atoms with Gasteiger partial charge in [0.25, 0.3) is 0 Å². The highest BCUT2D eigenvalue weighted by molar-refractivity contribution is 7.92. The molecule has 1 aromatic carbocycles. The van der Waals surface area contributed by atoms with E-state index in [1.54, 1.807) is 32.0 Å². The monoisotopic (exact) mass is 314 g/mol. The Hall–Kier alpha value is -2.09. The molecule has 0 spiro atoms. The zero-order valence-corrected chi connectivity index (χ0v) is 12.7. The van der Waals surface area contributed by atoms with Gasteiger partial charge in [0.05, 0.1) is 18.0 Å². The van der Waals surface area contributed by atoms with Crippen molar-refractivity contribution in [3.63, 3.8) is 0 Å². The molecule has 0 aliphatic heterocycles. The van der Waals surface area contributed by atoms with Gasteiger partial charge < -0.3 is 15.8 Å². The third kappa shape index (κ3) is 5.42. The molecule has 1 rings (SSSR count). The first kappa shape index (κ1) is 17.0. The molecule has 0 saturated heterocycles. The van der Waals surface area contributed by atoms with Crippen molar-refractivity contribution in [2.24, 2.45) is 0 Å². The van der Waals surface area contributed by atoms with E-state index < -0.39 is 33.2 Å². The average Bonchev–Trinajstić information content (AvgIpc) is 2.32. The van der Waals surface area contributed by atoms with Crippen LogP contribution in [0.2, 0.25) is 0 Å². The van der Waals surface area contributed by atoms with Crippen LogP contribution in [0.1, 0.15) is 12.5 Å². The van der Waals surface area contributed by atoms with Gasteiger partial charge in [-0.05, 0) is 25.5 Å². The largest absolute Gasteiger partial charge is 0.465 e. The minimum atomic E-state index is -3.88. The van der Waals surface area contributed by atoms with Crippen LogP contribution in [-0.4, -0.2) is 38.4 Å². The molecule has 0 aliphatic carbocycles. The minimum Gasteiger partial charge on any atom is -0.465 e. The number of amides is 1. The lowest BCUT2D eigenvalue weighted by atomic mass is 10.1. The Morgan fingerprint density at radius 1 is 1.29 bits per heavy atom. The Morgan fingerprint density at radius 2 is 1.95 bits per heavy atom. The van der Waals surface area contributed by atoms with E-state index in [9.17, 15) is 18.0 Å². The van der Waals surface area contributed by atoms with Gasteiger partial charge in [0.1, 0.15) is 11.5 Å². The highest BCUT2D eigenvalue weighted by Crippen LogP contribution is 2.22. The van der Waals surface area contributed by atoms with E-state index >= 15 is 0 Å². The number of rotatable bonds is 6. The highest BCUT2D eigenvalue weighted by Gasteiger charge is 2.22. The predicted octanol–water partition coefficient (Wildman–Crippen LogP) is 0.494. The first-order valence-corrected chi connectivity index (χ1v) is 8.08. The topological polar surface area (TPSA) is 116 Å². The van der Waals surface area contributed by atoms with Crippen LogP contribution in [0.15, 0.2) is 18.2 Å². The van der Waals surface area contributed by atoms with Crippen LogP contribution in [-0.2, 0) is 24.2 Å². The maximum atomic E-state index is 11.8. The Morgan fingerprint density at radius 3 is 2.52 bits per heavy atom. The normalized spacial score (nSPS) is 11.0. The third-order valence-electron chi connectivity index (χ3n) is 2.56. The number of carbonyl (C=O) groups is 2. The molecule has 8 heteroatoms. The number of sulfone groups is 1.